The van der Waals surface area contributed by atoms with Crippen LogP contribution >= 0.6 is 0 Å². The third-order valence-electron chi connectivity index (χ3n) is 3.50. The Morgan fingerprint density at radius 1 is 1.47 bits per heavy atom. The predicted molar refractivity (Wildman–Crippen MR) is 79.1 cm³/mol. The molecule has 1 unspecified atom stereocenters. The highest BCUT2D eigenvalue weighted by atomic mass is 16.5. The lowest BCUT2D eigenvalue weighted by molar-refractivity contribution is 0.149. The molecule has 0 saturated carbocycles. The van der Waals surface area contributed by atoms with E-state index in [0.29, 0.717) is 12.4 Å². The van der Waals surface area contributed by atoms with Crippen molar-refractivity contribution in [2.75, 3.05) is 44.6 Å². The van der Waals surface area contributed by atoms with E-state index < -0.39 is 0 Å². The van der Waals surface area contributed by atoms with Crippen LogP contribution in [0.4, 0.5) is 11.4 Å². The summed E-state index contributed by atoms with van der Waals surface area (Å²) >= 11 is 0. The Labute approximate surface area is 115 Å². The monoisotopic (exact) mass is 267 g/mol. The van der Waals surface area contributed by atoms with Crippen LogP contribution in [-0.4, -0.2) is 44.4 Å². The van der Waals surface area contributed by atoms with E-state index in [0.717, 1.165) is 17.8 Å². The van der Waals surface area contributed by atoms with Gasteiger partial charge in [0.1, 0.15) is 5.69 Å². The van der Waals surface area contributed by atoms with Crippen LogP contribution in [0.25, 0.3) is 0 Å². The molecule has 108 valence electrons. The number of hydrogen-bond donors (Lipinski definition) is 2. The summed E-state index contributed by atoms with van der Waals surface area (Å²) < 4.78 is 5.31. The van der Waals surface area contributed by atoms with Crippen LogP contribution in [0.3, 0.4) is 0 Å². The largest absolute Gasteiger partial charge is 0.479 e. The third-order valence-corrected chi connectivity index (χ3v) is 3.50. The topological polar surface area (TPSA) is 57.6 Å². The fraction of sp³-hybridized carbons (Fsp3) is 0.643. The van der Waals surface area contributed by atoms with E-state index in [1.807, 2.05) is 25.1 Å². The first kappa shape index (κ1) is 15.6. The summed E-state index contributed by atoms with van der Waals surface area (Å²) in [6.07, 6.45) is 2.63. The molecule has 1 heterocycles. The maximum absolute atomic E-state index is 9.47. The molecule has 0 spiro atoms. The van der Waals surface area contributed by atoms with Crippen LogP contribution in [-0.2, 0) is 0 Å². The average Bonchev–Trinajstić information content (AvgIpc) is 2.44. The number of aliphatic hydroxyl groups is 1. The minimum atomic E-state index is -0.148. The van der Waals surface area contributed by atoms with Crippen molar-refractivity contribution in [1.29, 1.82) is 0 Å². The summed E-state index contributed by atoms with van der Waals surface area (Å²) in [4.78, 5) is 6.23. The van der Waals surface area contributed by atoms with Crippen molar-refractivity contribution in [2.45, 2.75) is 20.3 Å². The molecular weight excluding hydrogens is 242 g/mol. The molecule has 1 aromatic heterocycles. The second kappa shape index (κ2) is 6.61. The van der Waals surface area contributed by atoms with Crippen molar-refractivity contribution >= 4 is 11.4 Å². The predicted octanol–water partition coefficient (Wildman–Crippen LogP) is 1.98. The molecule has 0 aliphatic heterocycles. The fourth-order valence-electron chi connectivity index (χ4n) is 1.72. The second-order valence-corrected chi connectivity index (χ2v) is 5.28. The highest BCUT2D eigenvalue weighted by Gasteiger charge is 2.22. The maximum Gasteiger partial charge on any atom is 0.239 e. The van der Waals surface area contributed by atoms with Crippen molar-refractivity contribution in [1.82, 2.24) is 4.98 Å². The Morgan fingerprint density at radius 3 is 2.63 bits per heavy atom. The van der Waals surface area contributed by atoms with E-state index in [9.17, 15) is 5.11 Å². The van der Waals surface area contributed by atoms with Gasteiger partial charge in [0.25, 0.3) is 0 Å². The second-order valence-electron chi connectivity index (χ2n) is 5.28. The van der Waals surface area contributed by atoms with Gasteiger partial charge in [-0.1, -0.05) is 13.8 Å². The van der Waals surface area contributed by atoms with Gasteiger partial charge in [-0.05, 0) is 12.5 Å². The Kier molecular flexibility index (Phi) is 5.42. The Hall–Kier alpha value is -1.49. The van der Waals surface area contributed by atoms with E-state index in [-0.39, 0.29) is 12.0 Å². The molecule has 0 radical (unpaired) electrons. The number of ether oxygens (including phenoxy) is 1. The summed E-state index contributed by atoms with van der Waals surface area (Å²) in [5.74, 6) is 0.572. The van der Waals surface area contributed by atoms with Gasteiger partial charge in [-0.3, -0.25) is 0 Å². The van der Waals surface area contributed by atoms with E-state index in [4.69, 9.17) is 4.74 Å². The number of methoxy groups -OCH3 is 1. The van der Waals surface area contributed by atoms with E-state index in [1.54, 1.807) is 13.3 Å². The Bertz CT molecular complexity index is 404. The van der Waals surface area contributed by atoms with Crippen LogP contribution in [0.1, 0.15) is 20.3 Å². The normalized spacial score (nSPS) is 13.8. The van der Waals surface area contributed by atoms with Gasteiger partial charge in [0.05, 0.1) is 19.4 Å². The van der Waals surface area contributed by atoms with Crippen molar-refractivity contribution < 1.29 is 9.84 Å². The smallest absolute Gasteiger partial charge is 0.239 e. The molecule has 5 nitrogen and oxygen atoms in total. The van der Waals surface area contributed by atoms with Gasteiger partial charge in [0.2, 0.25) is 5.88 Å². The molecular formula is C14H25N3O2. The van der Waals surface area contributed by atoms with Crippen molar-refractivity contribution in [2.24, 2.45) is 5.41 Å². The quantitative estimate of drug-likeness (QED) is 0.791. The molecule has 19 heavy (non-hydrogen) atoms. The van der Waals surface area contributed by atoms with Crippen LogP contribution < -0.4 is 15.0 Å². The summed E-state index contributed by atoms with van der Waals surface area (Å²) in [5, 5.41) is 12.8. The molecule has 0 aromatic carbocycles. The lowest BCUT2D eigenvalue weighted by Gasteiger charge is -2.28. The SMILES string of the molecule is CCC(C)(CO)CNc1c(N(C)C)ccnc1OC. The molecule has 0 aliphatic carbocycles. The molecule has 1 aromatic rings. The Morgan fingerprint density at radius 2 is 2.16 bits per heavy atom. The van der Waals surface area contributed by atoms with Crippen molar-refractivity contribution in [3.8, 4) is 5.88 Å². The lowest BCUT2D eigenvalue weighted by Crippen LogP contribution is -2.30. The first-order valence-corrected chi connectivity index (χ1v) is 6.52. The molecule has 0 aliphatic rings. The van der Waals surface area contributed by atoms with Crippen molar-refractivity contribution in [3.05, 3.63) is 12.3 Å². The molecule has 0 bridgehead atoms. The zero-order chi connectivity index (χ0) is 14.5. The molecule has 1 rings (SSSR count). The summed E-state index contributed by atoms with van der Waals surface area (Å²) in [6.45, 7) is 4.95. The summed E-state index contributed by atoms with van der Waals surface area (Å²) in [6, 6.07) is 1.94. The van der Waals surface area contributed by atoms with Crippen LogP contribution in [0.5, 0.6) is 5.88 Å². The zero-order valence-electron chi connectivity index (χ0n) is 12.5. The standard InChI is InChI=1S/C14H25N3O2/c1-6-14(2,10-18)9-16-12-11(17(3)4)7-8-15-13(12)19-5/h7-8,16,18H,6,9-10H2,1-5H3. The number of rotatable bonds is 7. The number of nitrogens with zero attached hydrogens (tertiary/aromatic N) is 2. The molecule has 1 atom stereocenters. The first-order valence-electron chi connectivity index (χ1n) is 6.52. The minimum Gasteiger partial charge on any atom is -0.479 e. The number of hydrogen-bond acceptors (Lipinski definition) is 5. The molecule has 2 N–H and O–H groups in total. The number of aliphatic hydroxyl groups excluding tert-OH is 1. The number of pyridine rings is 1. The van der Waals surface area contributed by atoms with Gasteiger partial charge >= 0.3 is 0 Å². The first-order chi connectivity index (χ1) is 8.97. The molecule has 0 saturated heterocycles. The van der Waals surface area contributed by atoms with Gasteiger partial charge in [0.15, 0.2) is 0 Å². The molecule has 5 heteroatoms. The highest BCUT2D eigenvalue weighted by Crippen LogP contribution is 2.33. The fourth-order valence-corrected chi connectivity index (χ4v) is 1.72. The van der Waals surface area contributed by atoms with Crippen LogP contribution in [0, 0.1) is 5.41 Å². The van der Waals surface area contributed by atoms with Gasteiger partial charge in [-0.2, -0.15) is 0 Å². The molecule has 0 fully saturated rings. The number of anilines is 2. The van der Waals surface area contributed by atoms with Gasteiger partial charge in [-0.25, -0.2) is 4.98 Å². The Balaban J connectivity index is 2.98. The van der Waals surface area contributed by atoms with Gasteiger partial charge in [0, 0.05) is 32.3 Å². The lowest BCUT2D eigenvalue weighted by atomic mass is 9.88. The summed E-state index contributed by atoms with van der Waals surface area (Å²) in [7, 11) is 5.56. The van der Waals surface area contributed by atoms with E-state index >= 15 is 0 Å². The van der Waals surface area contributed by atoms with E-state index in [2.05, 4.69) is 24.1 Å². The zero-order valence-corrected chi connectivity index (χ0v) is 12.5. The number of nitrogens with one attached hydrogen (secondary N) is 1. The van der Waals surface area contributed by atoms with Crippen LogP contribution in [0.15, 0.2) is 12.3 Å². The van der Waals surface area contributed by atoms with Gasteiger partial charge < -0.3 is 20.1 Å². The third kappa shape index (κ3) is 3.73. The molecule has 0 amide bonds. The minimum absolute atomic E-state index is 0.148. The van der Waals surface area contributed by atoms with Gasteiger partial charge in [-0.15, -0.1) is 0 Å². The maximum atomic E-state index is 9.47. The average molecular weight is 267 g/mol. The summed E-state index contributed by atoms with van der Waals surface area (Å²) in [5.41, 5.74) is 1.73. The van der Waals surface area contributed by atoms with Crippen LogP contribution in [0.2, 0.25) is 0 Å². The van der Waals surface area contributed by atoms with Crippen molar-refractivity contribution in [3.63, 3.8) is 0 Å². The number of aromatic nitrogens is 1. The van der Waals surface area contributed by atoms with E-state index in [1.165, 1.54) is 0 Å². The highest BCUT2D eigenvalue weighted by molar-refractivity contribution is 5.74.